The minimum atomic E-state index is -1.35. The van der Waals surface area contributed by atoms with Crippen molar-refractivity contribution in [2.45, 2.75) is 69.6 Å². The van der Waals surface area contributed by atoms with Crippen LogP contribution in [0.3, 0.4) is 0 Å². The number of carbonyl (C=O) groups is 1. The van der Waals surface area contributed by atoms with Gasteiger partial charge in [-0.2, -0.15) is 5.26 Å². The molecule has 42 heavy (non-hydrogen) atoms. The van der Waals surface area contributed by atoms with E-state index in [1.165, 1.54) is 12.1 Å². The summed E-state index contributed by atoms with van der Waals surface area (Å²) in [5, 5.41) is 12.2. The van der Waals surface area contributed by atoms with Crippen LogP contribution in [0.5, 0.6) is 0 Å². The Hall–Kier alpha value is -2.98. The van der Waals surface area contributed by atoms with E-state index in [9.17, 15) is 13.6 Å². The van der Waals surface area contributed by atoms with Crippen LogP contribution in [-0.2, 0) is 41.7 Å². The van der Waals surface area contributed by atoms with Crippen molar-refractivity contribution in [2.75, 3.05) is 39.4 Å². The van der Waals surface area contributed by atoms with Crippen molar-refractivity contribution in [1.29, 1.82) is 5.26 Å². The minimum absolute atomic E-state index is 0.0642. The summed E-state index contributed by atoms with van der Waals surface area (Å²) in [4.78, 5) is 16.2. The van der Waals surface area contributed by atoms with Crippen molar-refractivity contribution in [3.8, 4) is 6.07 Å². The SMILES string of the molecule is CC1(C)O[C@@H]2C[C@@](OCc3ccc(C#N)cc3)(C(=O)NCCN3CCOCC3)CC(OCc3cccc(F)c3F)[C@@H]2O1. The minimum Gasteiger partial charge on any atom is -0.379 e. The highest BCUT2D eigenvalue weighted by Gasteiger charge is 2.58. The van der Waals surface area contributed by atoms with Gasteiger partial charge in [0, 0.05) is 44.6 Å². The first-order chi connectivity index (χ1) is 20.2. The van der Waals surface area contributed by atoms with E-state index in [0.29, 0.717) is 31.9 Å². The molecule has 3 fully saturated rings. The molecule has 1 aliphatic carbocycles. The molecule has 1 saturated carbocycles. The number of amides is 1. The molecule has 9 nitrogen and oxygen atoms in total. The number of morpholine rings is 1. The van der Waals surface area contributed by atoms with Crippen LogP contribution in [0.25, 0.3) is 0 Å². The van der Waals surface area contributed by atoms with Gasteiger partial charge >= 0.3 is 0 Å². The molecular formula is C31H37F2N3O6. The number of ether oxygens (including phenoxy) is 5. The van der Waals surface area contributed by atoms with Crippen LogP contribution in [0.15, 0.2) is 42.5 Å². The second-order valence-electron chi connectivity index (χ2n) is 11.4. The molecule has 5 rings (SSSR count). The normalized spacial score (nSPS) is 27.3. The van der Waals surface area contributed by atoms with Gasteiger partial charge in [0.1, 0.15) is 6.10 Å². The van der Waals surface area contributed by atoms with Gasteiger partial charge in [-0.3, -0.25) is 9.69 Å². The second kappa shape index (κ2) is 13.1. The molecular weight excluding hydrogens is 548 g/mol. The lowest BCUT2D eigenvalue weighted by atomic mass is 9.78. The topological polar surface area (TPSA) is 102 Å². The average Bonchev–Trinajstić information content (AvgIpc) is 3.31. The Kier molecular flexibility index (Phi) is 9.52. The van der Waals surface area contributed by atoms with Gasteiger partial charge in [-0.25, -0.2) is 8.78 Å². The number of hydrogen-bond donors (Lipinski definition) is 1. The Balaban J connectivity index is 1.37. The highest BCUT2D eigenvalue weighted by molar-refractivity contribution is 5.85. The van der Waals surface area contributed by atoms with Gasteiger partial charge in [-0.1, -0.05) is 24.3 Å². The molecule has 1 N–H and O–H groups in total. The van der Waals surface area contributed by atoms with E-state index in [0.717, 1.165) is 24.7 Å². The first-order valence-electron chi connectivity index (χ1n) is 14.3. The molecule has 2 heterocycles. The Bertz CT molecular complexity index is 1280. The molecule has 1 amide bonds. The van der Waals surface area contributed by atoms with Crippen LogP contribution in [0.2, 0.25) is 0 Å². The summed E-state index contributed by atoms with van der Waals surface area (Å²) in [6.07, 6.45) is -1.45. The number of halogens is 2. The summed E-state index contributed by atoms with van der Waals surface area (Å²) >= 11 is 0. The zero-order chi connectivity index (χ0) is 29.7. The summed E-state index contributed by atoms with van der Waals surface area (Å²) in [6, 6.07) is 13.0. The van der Waals surface area contributed by atoms with E-state index in [-0.39, 0.29) is 37.5 Å². The lowest BCUT2D eigenvalue weighted by Crippen LogP contribution is -2.60. The monoisotopic (exact) mass is 585 g/mol. The molecule has 4 atom stereocenters. The van der Waals surface area contributed by atoms with Gasteiger partial charge in [0.25, 0.3) is 5.91 Å². The van der Waals surface area contributed by atoms with Crippen LogP contribution >= 0.6 is 0 Å². The summed E-state index contributed by atoms with van der Waals surface area (Å²) in [7, 11) is 0. The summed E-state index contributed by atoms with van der Waals surface area (Å²) < 4.78 is 58.8. The highest BCUT2D eigenvalue weighted by Crippen LogP contribution is 2.44. The molecule has 226 valence electrons. The Morgan fingerprint density at radius 1 is 1.10 bits per heavy atom. The largest absolute Gasteiger partial charge is 0.379 e. The Labute approximate surface area is 244 Å². The number of rotatable bonds is 10. The van der Waals surface area contributed by atoms with Crippen molar-refractivity contribution in [3.05, 3.63) is 70.8 Å². The summed E-state index contributed by atoms with van der Waals surface area (Å²) in [5.74, 6) is -3.17. The number of nitriles is 1. The number of benzene rings is 2. The lowest BCUT2D eigenvalue weighted by Gasteiger charge is -2.43. The quantitative estimate of drug-likeness (QED) is 0.453. The van der Waals surface area contributed by atoms with Crippen molar-refractivity contribution in [1.82, 2.24) is 10.2 Å². The van der Waals surface area contributed by atoms with Crippen LogP contribution < -0.4 is 5.32 Å². The summed E-state index contributed by atoms with van der Waals surface area (Å²) in [5.41, 5.74) is 0.0236. The van der Waals surface area contributed by atoms with E-state index in [2.05, 4.69) is 16.3 Å². The number of nitrogens with one attached hydrogen (secondary N) is 1. The van der Waals surface area contributed by atoms with Gasteiger partial charge in [-0.15, -0.1) is 0 Å². The molecule has 11 heteroatoms. The van der Waals surface area contributed by atoms with Gasteiger partial charge < -0.3 is 29.0 Å². The standard InChI is InChI=1S/C31H37F2N3O6/c1-30(2)41-26-17-31(40-19-22-8-6-21(18-34)7-9-22,29(37)35-10-11-36-12-14-38-15-13-36)16-25(28(26)42-30)39-20-23-4-3-5-24(32)27(23)33/h3-9,25-26,28H,10-17,19-20H2,1-2H3,(H,35,37)/t25?,26-,28+,31-/m1/s1. The zero-order valence-electron chi connectivity index (χ0n) is 23.9. The molecule has 0 spiro atoms. The number of fused-ring (bicyclic) bond motifs is 1. The average molecular weight is 586 g/mol. The van der Waals surface area contributed by atoms with Crippen LogP contribution in [0.1, 0.15) is 43.4 Å². The fraction of sp³-hybridized carbons (Fsp3) is 0.548. The number of carbonyl (C=O) groups excluding carboxylic acids is 1. The van der Waals surface area contributed by atoms with Gasteiger partial charge in [0.15, 0.2) is 23.0 Å². The molecule has 2 saturated heterocycles. The third-order valence-electron chi connectivity index (χ3n) is 7.96. The molecule has 0 bridgehead atoms. The third kappa shape index (κ3) is 7.14. The van der Waals surface area contributed by atoms with E-state index >= 15 is 0 Å². The van der Waals surface area contributed by atoms with Crippen molar-refractivity contribution < 1.29 is 37.3 Å². The Morgan fingerprint density at radius 3 is 2.60 bits per heavy atom. The van der Waals surface area contributed by atoms with E-state index < -0.39 is 41.3 Å². The van der Waals surface area contributed by atoms with Crippen molar-refractivity contribution >= 4 is 5.91 Å². The van der Waals surface area contributed by atoms with E-state index in [4.69, 9.17) is 28.9 Å². The number of hydrogen-bond acceptors (Lipinski definition) is 8. The molecule has 3 aliphatic rings. The molecule has 1 unspecified atom stereocenters. The zero-order valence-corrected chi connectivity index (χ0v) is 23.9. The number of nitrogens with zero attached hydrogens (tertiary/aromatic N) is 2. The maximum atomic E-state index is 14.5. The molecule has 2 aliphatic heterocycles. The van der Waals surface area contributed by atoms with Crippen molar-refractivity contribution in [2.24, 2.45) is 0 Å². The predicted molar refractivity (Wildman–Crippen MR) is 147 cm³/mol. The van der Waals surface area contributed by atoms with Crippen LogP contribution in [0, 0.1) is 23.0 Å². The maximum absolute atomic E-state index is 14.5. The molecule has 2 aromatic rings. The van der Waals surface area contributed by atoms with Crippen molar-refractivity contribution in [3.63, 3.8) is 0 Å². The summed E-state index contributed by atoms with van der Waals surface area (Å²) in [6.45, 7) is 7.46. The fourth-order valence-electron chi connectivity index (χ4n) is 5.78. The van der Waals surface area contributed by atoms with Gasteiger partial charge in [0.2, 0.25) is 0 Å². The fourth-order valence-corrected chi connectivity index (χ4v) is 5.78. The first kappa shape index (κ1) is 30.5. The third-order valence-corrected chi connectivity index (χ3v) is 7.96. The van der Waals surface area contributed by atoms with Gasteiger partial charge in [-0.05, 0) is 37.6 Å². The van der Waals surface area contributed by atoms with Gasteiger partial charge in [0.05, 0.1) is 50.3 Å². The molecule has 0 aromatic heterocycles. The molecule has 0 radical (unpaired) electrons. The lowest BCUT2D eigenvalue weighted by molar-refractivity contribution is -0.183. The smallest absolute Gasteiger partial charge is 0.252 e. The van der Waals surface area contributed by atoms with Crippen LogP contribution in [-0.4, -0.2) is 79.9 Å². The maximum Gasteiger partial charge on any atom is 0.252 e. The first-order valence-corrected chi connectivity index (χ1v) is 14.3. The predicted octanol–water partition coefficient (Wildman–Crippen LogP) is 3.44. The van der Waals surface area contributed by atoms with E-state index in [1.54, 1.807) is 38.1 Å². The van der Waals surface area contributed by atoms with E-state index in [1.807, 2.05) is 0 Å². The van der Waals surface area contributed by atoms with Crippen LogP contribution in [0.4, 0.5) is 8.78 Å². The Morgan fingerprint density at radius 2 is 1.86 bits per heavy atom. The molecule has 2 aromatic carbocycles. The highest BCUT2D eigenvalue weighted by atomic mass is 19.2. The second-order valence-corrected chi connectivity index (χ2v) is 11.4.